The third-order valence-corrected chi connectivity index (χ3v) is 5.95. The average molecular weight is 338 g/mol. The predicted octanol–water partition coefficient (Wildman–Crippen LogP) is 4.80. The second-order valence-corrected chi connectivity index (χ2v) is 7.31. The zero-order valence-corrected chi connectivity index (χ0v) is 15.0. The van der Waals surface area contributed by atoms with E-state index in [0.29, 0.717) is 12.1 Å². The van der Waals surface area contributed by atoms with Crippen molar-refractivity contribution in [2.24, 2.45) is 0 Å². The maximum atomic E-state index is 13.2. The average Bonchev–Trinajstić information content (AvgIpc) is 3.09. The molecule has 1 unspecified atom stereocenters. The van der Waals surface area contributed by atoms with Crippen molar-refractivity contribution in [3.8, 4) is 0 Å². The number of hydrogen-bond acceptors (Lipinski definition) is 2. The van der Waals surface area contributed by atoms with Crippen molar-refractivity contribution in [3.05, 3.63) is 65.5 Å². The van der Waals surface area contributed by atoms with Crippen LogP contribution in [0.25, 0.3) is 0 Å². The van der Waals surface area contributed by atoms with Gasteiger partial charge in [-0.1, -0.05) is 37.3 Å². The molecule has 2 aromatic rings. The van der Waals surface area contributed by atoms with Crippen molar-refractivity contribution >= 4 is 5.69 Å². The van der Waals surface area contributed by atoms with E-state index in [4.69, 9.17) is 0 Å². The van der Waals surface area contributed by atoms with Crippen LogP contribution >= 0.6 is 0 Å². The fraction of sp³-hybridized carbons (Fsp3) is 0.455. The highest BCUT2D eigenvalue weighted by Gasteiger charge is 2.31. The van der Waals surface area contributed by atoms with E-state index in [2.05, 4.69) is 41.0 Å². The van der Waals surface area contributed by atoms with Crippen molar-refractivity contribution < 1.29 is 4.39 Å². The van der Waals surface area contributed by atoms with Gasteiger partial charge in [0, 0.05) is 37.4 Å². The van der Waals surface area contributed by atoms with Crippen LogP contribution in [0.3, 0.4) is 0 Å². The molecule has 2 aromatic carbocycles. The summed E-state index contributed by atoms with van der Waals surface area (Å²) in [6, 6.07) is 17.0. The van der Waals surface area contributed by atoms with Crippen LogP contribution in [0.5, 0.6) is 0 Å². The molecular weight excluding hydrogens is 311 g/mol. The van der Waals surface area contributed by atoms with Crippen LogP contribution < -0.4 is 4.90 Å². The molecule has 0 N–H and O–H groups in total. The molecule has 2 aliphatic rings. The number of rotatable bonds is 4. The monoisotopic (exact) mass is 338 g/mol. The Hall–Kier alpha value is -1.87. The fourth-order valence-electron chi connectivity index (χ4n) is 4.64. The lowest BCUT2D eigenvalue weighted by Gasteiger charge is -2.41. The highest BCUT2D eigenvalue weighted by Crippen LogP contribution is 2.34. The quantitative estimate of drug-likeness (QED) is 0.790. The van der Waals surface area contributed by atoms with E-state index in [0.717, 1.165) is 19.5 Å². The second kappa shape index (κ2) is 7.17. The van der Waals surface area contributed by atoms with Gasteiger partial charge in [0.1, 0.15) is 5.82 Å². The van der Waals surface area contributed by atoms with Crippen LogP contribution in [0.1, 0.15) is 43.4 Å². The molecular formula is C22H27FN2. The molecule has 25 heavy (non-hydrogen) atoms. The Morgan fingerprint density at radius 1 is 1.00 bits per heavy atom. The normalized spacial score (nSPS) is 19.8. The first kappa shape index (κ1) is 16.6. The molecule has 2 aliphatic heterocycles. The number of hydrogen-bond donors (Lipinski definition) is 0. The molecule has 1 saturated heterocycles. The first-order chi connectivity index (χ1) is 12.3. The molecule has 2 heterocycles. The third-order valence-electron chi connectivity index (χ3n) is 5.95. The van der Waals surface area contributed by atoms with Crippen LogP contribution in [0.15, 0.2) is 48.5 Å². The van der Waals surface area contributed by atoms with E-state index in [-0.39, 0.29) is 5.82 Å². The molecule has 1 atom stereocenters. The summed E-state index contributed by atoms with van der Waals surface area (Å²) in [5.74, 6) is -0.148. The third kappa shape index (κ3) is 3.30. The molecule has 132 valence electrons. The number of likely N-dealkylation sites (tertiary alicyclic amines) is 1. The molecule has 3 heteroatoms. The Kier molecular flexibility index (Phi) is 4.76. The van der Waals surface area contributed by atoms with Gasteiger partial charge in [-0.2, -0.15) is 0 Å². The van der Waals surface area contributed by atoms with Crippen molar-refractivity contribution in [1.29, 1.82) is 0 Å². The maximum absolute atomic E-state index is 13.2. The summed E-state index contributed by atoms with van der Waals surface area (Å²) in [7, 11) is 0. The fourth-order valence-corrected chi connectivity index (χ4v) is 4.64. The van der Waals surface area contributed by atoms with E-state index in [1.165, 1.54) is 42.6 Å². The summed E-state index contributed by atoms with van der Waals surface area (Å²) >= 11 is 0. The van der Waals surface area contributed by atoms with Gasteiger partial charge < -0.3 is 4.90 Å². The van der Waals surface area contributed by atoms with Gasteiger partial charge in [-0.3, -0.25) is 4.90 Å². The highest BCUT2D eigenvalue weighted by atomic mass is 19.1. The van der Waals surface area contributed by atoms with Crippen molar-refractivity contribution in [2.45, 2.75) is 44.7 Å². The lowest BCUT2D eigenvalue weighted by atomic mass is 9.97. The van der Waals surface area contributed by atoms with Crippen LogP contribution in [0.2, 0.25) is 0 Å². The van der Waals surface area contributed by atoms with Gasteiger partial charge in [0.2, 0.25) is 0 Å². The summed E-state index contributed by atoms with van der Waals surface area (Å²) in [6.07, 6.45) is 4.68. The molecule has 0 radical (unpaired) electrons. The largest absolute Gasteiger partial charge is 0.368 e. The molecule has 0 aliphatic carbocycles. The van der Waals surface area contributed by atoms with Gasteiger partial charge in [-0.05, 0) is 55.0 Å². The summed E-state index contributed by atoms with van der Waals surface area (Å²) in [6.45, 7) is 5.65. The minimum absolute atomic E-state index is 0.148. The lowest BCUT2D eigenvalue weighted by molar-refractivity contribution is 0.147. The highest BCUT2D eigenvalue weighted by molar-refractivity contribution is 5.58. The molecule has 0 bridgehead atoms. The van der Waals surface area contributed by atoms with E-state index in [1.54, 1.807) is 12.1 Å². The van der Waals surface area contributed by atoms with Gasteiger partial charge in [0.25, 0.3) is 0 Å². The summed E-state index contributed by atoms with van der Waals surface area (Å²) in [5, 5.41) is 0. The van der Waals surface area contributed by atoms with Crippen molar-refractivity contribution in [1.82, 2.24) is 4.90 Å². The number of para-hydroxylation sites is 1. The van der Waals surface area contributed by atoms with E-state index in [1.807, 2.05) is 12.1 Å². The Morgan fingerprint density at radius 2 is 1.72 bits per heavy atom. The summed E-state index contributed by atoms with van der Waals surface area (Å²) in [5.41, 5.74) is 4.20. The molecule has 0 aromatic heterocycles. The molecule has 2 nitrogen and oxygen atoms in total. The van der Waals surface area contributed by atoms with Gasteiger partial charge >= 0.3 is 0 Å². The minimum atomic E-state index is -0.148. The van der Waals surface area contributed by atoms with Crippen LogP contribution in [0, 0.1) is 5.82 Å². The molecule has 0 saturated carbocycles. The molecule has 0 spiro atoms. The Balaban J connectivity index is 1.42. The van der Waals surface area contributed by atoms with Gasteiger partial charge in [0.15, 0.2) is 0 Å². The van der Waals surface area contributed by atoms with Gasteiger partial charge in [-0.15, -0.1) is 0 Å². The van der Waals surface area contributed by atoms with Crippen molar-refractivity contribution in [3.63, 3.8) is 0 Å². The Labute approximate surface area is 150 Å². The van der Waals surface area contributed by atoms with E-state index < -0.39 is 0 Å². The maximum Gasteiger partial charge on any atom is 0.123 e. The number of anilines is 1. The van der Waals surface area contributed by atoms with Gasteiger partial charge in [-0.25, -0.2) is 4.39 Å². The Morgan fingerprint density at radius 3 is 2.44 bits per heavy atom. The predicted molar refractivity (Wildman–Crippen MR) is 102 cm³/mol. The minimum Gasteiger partial charge on any atom is -0.368 e. The number of halogens is 1. The topological polar surface area (TPSA) is 6.48 Å². The van der Waals surface area contributed by atoms with E-state index >= 15 is 0 Å². The summed E-state index contributed by atoms with van der Waals surface area (Å²) < 4.78 is 13.2. The number of benzene rings is 2. The summed E-state index contributed by atoms with van der Waals surface area (Å²) in [4.78, 5) is 5.22. The van der Waals surface area contributed by atoms with Crippen LogP contribution in [-0.4, -0.2) is 30.6 Å². The SMILES string of the molecule is CCC(c1ccc(F)cc1)N1CCC(N2CCc3ccccc32)CC1. The second-order valence-electron chi connectivity index (χ2n) is 7.31. The van der Waals surface area contributed by atoms with E-state index in [9.17, 15) is 4.39 Å². The number of nitrogens with zero attached hydrogens (tertiary/aromatic N) is 2. The van der Waals surface area contributed by atoms with Crippen LogP contribution in [0.4, 0.5) is 10.1 Å². The van der Waals surface area contributed by atoms with Crippen LogP contribution in [-0.2, 0) is 6.42 Å². The standard InChI is InChI=1S/C22H27FN2/c1-2-21(18-7-9-19(23)10-8-18)24-14-12-20(13-15-24)25-16-11-17-5-3-4-6-22(17)25/h3-10,20-21H,2,11-16H2,1H3. The Bertz CT molecular complexity index is 704. The molecule has 1 fully saturated rings. The zero-order valence-electron chi connectivity index (χ0n) is 15.0. The molecule has 0 amide bonds. The molecule has 4 rings (SSSR count). The number of piperidine rings is 1. The zero-order chi connectivity index (χ0) is 17.2. The van der Waals surface area contributed by atoms with Gasteiger partial charge in [0.05, 0.1) is 0 Å². The first-order valence-corrected chi connectivity index (χ1v) is 9.60. The smallest absolute Gasteiger partial charge is 0.123 e. The van der Waals surface area contributed by atoms with Crippen molar-refractivity contribution in [2.75, 3.05) is 24.5 Å². The lowest BCUT2D eigenvalue weighted by Crippen LogP contribution is -2.45. The number of fused-ring (bicyclic) bond motifs is 1. The first-order valence-electron chi connectivity index (χ1n) is 9.60.